The Morgan fingerprint density at radius 2 is 2.20 bits per heavy atom. The molecule has 0 aliphatic rings. The second kappa shape index (κ2) is 4.71. The predicted molar refractivity (Wildman–Crippen MR) is 77.2 cm³/mol. The van der Waals surface area contributed by atoms with E-state index in [1.807, 2.05) is 19.2 Å². The van der Waals surface area contributed by atoms with Gasteiger partial charge in [0.1, 0.15) is 16.6 Å². The summed E-state index contributed by atoms with van der Waals surface area (Å²) in [6.45, 7) is 5.76. The summed E-state index contributed by atoms with van der Waals surface area (Å²) in [5, 5.41) is 12.7. The van der Waals surface area contributed by atoms with Crippen LogP contribution in [0.15, 0.2) is 16.2 Å². The average molecular weight is 290 g/mol. The Balaban J connectivity index is 1.93. The highest BCUT2D eigenvalue weighted by Gasteiger charge is 2.12. The van der Waals surface area contributed by atoms with Crippen LogP contribution >= 0.6 is 11.3 Å². The van der Waals surface area contributed by atoms with Crippen molar-refractivity contribution in [3.05, 3.63) is 38.5 Å². The number of aromatic amines is 1. The van der Waals surface area contributed by atoms with E-state index >= 15 is 0 Å². The highest BCUT2D eigenvalue weighted by atomic mass is 32.1. The maximum atomic E-state index is 11.5. The van der Waals surface area contributed by atoms with E-state index in [-0.39, 0.29) is 11.7 Å². The molecule has 0 spiro atoms. The van der Waals surface area contributed by atoms with Crippen molar-refractivity contribution in [2.45, 2.75) is 26.8 Å². The van der Waals surface area contributed by atoms with Gasteiger partial charge in [-0.2, -0.15) is 5.10 Å². The van der Waals surface area contributed by atoms with Crippen LogP contribution < -0.4 is 11.0 Å². The summed E-state index contributed by atoms with van der Waals surface area (Å²) in [7, 11) is 0. The normalized spacial score (nSPS) is 12.8. The van der Waals surface area contributed by atoms with Gasteiger partial charge in [-0.1, -0.05) is 0 Å². The molecule has 0 amide bonds. The average Bonchev–Trinajstić information content (AvgIpc) is 2.96. The van der Waals surface area contributed by atoms with Crippen molar-refractivity contribution in [2.75, 3.05) is 5.32 Å². The lowest BCUT2D eigenvalue weighted by molar-refractivity contribution is 0.844. The summed E-state index contributed by atoms with van der Waals surface area (Å²) >= 11 is 1.61. The molecular weight excluding hydrogens is 276 g/mol. The number of H-pyrrole nitrogens is 1. The molecule has 0 fully saturated rings. The minimum Gasteiger partial charge on any atom is -0.361 e. The zero-order valence-electron chi connectivity index (χ0n) is 11.3. The SMILES string of the molecule is Cc1csc(C(C)Nc2cc3n[nH]c(=O)n3c(C)n2)n1. The van der Waals surface area contributed by atoms with Crippen molar-refractivity contribution in [3.8, 4) is 0 Å². The van der Waals surface area contributed by atoms with Gasteiger partial charge < -0.3 is 5.32 Å². The Bertz CT molecular complexity index is 817. The molecule has 3 aromatic rings. The largest absolute Gasteiger partial charge is 0.361 e. The van der Waals surface area contributed by atoms with Crippen LogP contribution in [0.4, 0.5) is 5.82 Å². The summed E-state index contributed by atoms with van der Waals surface area (Å²) in [5.74, 6) is 1.26. The van der Waals surface area contributed by atoms with Crippen LogP contribution in [0.1, 0.15) is 29.5 Å². The molecule has 1 unspecified atom stereocenters. The number of aryl methyl sites for hydroxylation is 2. The third-order valence-corrected chi connectivity index (χ3v) is 4.09. The molecule has 104 valence electrons. The third-order valence-electron chi connectivity index (χ3n) is 2.94. The van der Waals surface area contributed by atoms with E-state index in [1.54, 1.807) is 24.3 Å². The summed E-state index contributed by atoms with van der Waals surface area (Å²) < 4.78 is 1.43. The summed E-state index contributed by atoms with van der Waals surface area (Å²) in [6, 6.07) is 1.79. The predicted octanol–water partition coefficient (Wildman–Crippen LogP) is 1.66. The van der Waals surface area contributed by atoms with Gasteiger partial charge >= 0.3 is 5.69 Å². The molecular formula is C12H14N6OS. The van der Waals surface area contributed by atoms with Gasteiger partial charge in [0.2, 0.25) is 0 Å². The number of hydrogen-bond acceptors (Lipinski definition) is 6. The Labute approximate surface area is 118 Å². The molecule has 3 rings (SSSR count). The van der Waals surface area contributed by atoms with Gasteiger partial charge in [-0.15, -0.1) is 11.3 Å². The molecule has 8 heteroatoms. The van der Waals surface area contributed by atoms with E-state index in [2.05, 4.69) is 25.5 Å². The molecule has 7 nitrogen and oxygen atoms in total. The highest BCUT2D eigenvalue weighted by molar-refractivity contribution is 7.09. The molecule has 0 aromatic carbocycles. The van der Waals surface area contributed by atoms with Crippen LogP contribution in [-0.2, 0) is 0 Å². The van der Waals surface area contributed by atoms with Crippen molar-refractivity contribution >= 4 is 22.8 Å². The molecule has 0 bridgehead atoms. The fourth-order valence-electron chi connectivity index (χ4n) is 2.03. The smallest absolute Gasteiger partial charge is 0.349 e. The lowest BCUT2D eigenvalue weighted by Crippen LogP contribution is -2.15. The second-order valence-electron chi connectivity index (χ2n) is 4.60. The van der Waals surface area contributed by atoms with Gasteiger partial charge in [0.25, 0.3) is 0 Å². The molecule has 0 radical (unpaired) electrons. The zero-order valence-corrected chi connectivity index (χ0v) is 12.2. The van der Waals surface area contributed by atoms with E-state index in [0.717, 1.165) is 10.7 Å². The standard InChI is InChI=1S/C12H14N6OS/c1-6-5-20-11(13-6)7(2)14-9-4-10-16-17-12(19)18(10)8(3)15-9/h4-5,7,14H,1-3H3,(H,17,19). The molecule has 2 N–H and O–H groups in total. The molecule has 0 saturated carbocycles. The number of anilines is 1. The lowest BCUT2D eigenvalue weighted by Gasteiger charge is -2.12. The van der Waals surface area contributed by atoms with Crippen molar-refractivity contribution in [1.82, 2.24) is 24.6 Å². The van der Waals surface area contributed by atoms with Crippen molar-refractivity contribution in [2.24, 2.45) is 0 Å². The monoisotopic (exact) mass is 290 g/mol. The second-order valence-corrected chi connectivity index (χ2v) is 5.49. The fourth-order valence-corrected chi connectivity index (χ4v) is 2.83. The minimum atomic E-state index is -0.278. The Hall–Kier alpha value is -2.22. The first-order valence-corrected chi connectivity index (χ1v) is 7.06. The van der Waals surface area contributed by atoms with E-state index in [1.165, 1.54) is 4.40 Å². The molecule has 0 aliphatic heterocycles. The minimum absolute atomic E-state index is 0.0497. The first-order chi connectivity index (χ1) is 9.54. The van der Waals surface area contributed by atoms with Gasteiger partial charge in [0, 0.05) is 17.1 Å². The summed E-state index contributed by atoms with van der Waals surface area (Å²) in [5.41, 5.74) is 1.28. The highest BCUT2D eigenvalue weighted by Crippen LogP contribution is 2.21. The van der Waals surface area contributed by atoms with Crippen molar-refractivity contribution in [1.29, 1.82) is 0 Å². The number of aromatic nitrogens is 5. The molecule has 20 heavy (non-hydrogen) atoms. The summed E-state index contributed by atoms with van der Waals surface area (Å²) in [4.78, 5) is 20.4. The first-order valence-electron chi connectivity index (χ1n) is 6.18. The van der Waals surface area contributed by atoms with E-state index < -0.39 is 0 Å². The van der Waals surface area contributed by atoms with Crippen LogP contribution in [0.3, 0.4) is 0 Å². The molecule has 3 heterocycles. The zero-order chi connectivity index (χ0) is 14.3. The maximum Gasteiger partial charge on any atom is 0.349 e. The number of fused-ring (bicyclic) bond motifs is 1. The topological polar surface area (TPSA) is 88.0 Å². The van der Waals surface area contributed by atoms with Crippen LogP contribution in [0.5, 0.6) is 0 Å². The Morgan fingerprint density at radius 1 is 1.40 bits per heavy atom. The Kier molecular flexibility index (Phi) is 3.01. The number of rotatable bonds is 3. The number of nitrogens with zero attached hydrogens (tertiary/aromatic N) is 4. The number of hydrogen-bond donors (Lipinski definition) is 2. The van der Waals surface area contributed by atoms with Crippen LogP contribution in [0, 0.1) is 13.8 Å². The third kappa shape index (κ3) is 2.18. The fraction of sp³-hybridized carbons (Fsp3) is 0.333. The van der Waals surface area contributed by atoms with E-state index in [9.17, 15) is 4.79 Å². The number of nitrogens with one attached hydrogen (secondary N) is 2. The van der Waals surface area contributed by atoms with Crippen LogP contribution in [0.2, 0.25) is 0 Å². The molecule has 0 saturated heterocycles. The summed E-state index contributed by atoms with van der Waals surface area (Å²) in [6.07, 6.45) is 0. The van der Waals surface area contributed by atoms with Gasteiger partial charge in [0.05, 0.1) is 6.04 Å². The van der Waals surface area contributed by atoms with Crippen molar-refractivity contribution in [3.63, 3.8) is 0 Å². The van der Waals surface area contributed by atoms with Crippen molar-refractivity contribution < 1.29 is 0 Å². The van der Waals surface area contributed by atoms with Gasteiger partial charge in [-0.25, -0.2) is 24.3 Å². The maximum absolute atomic E-state index is 11.5. The first kappa shape index (κ1) is 12.8. The van der Waals surface area contributed by atoms with Gasteiger partial charge in [-0.05, 0) is 20.8 Å². The number of thiazole rings is 1. The molecule has 1 atom stereocenters. The van der Waals surface area contributed by atoms with E-state index in [0.29, 0.717) is 17.3 Å². The Morgan fingerprint density at radius 3 is 2.90 bits per heavy atom. The lowest BCUT2D eigenvalue weighted by atomic mass is 10.3. The quantitative estimate of drug-likeness (QED) is 0.766. The van der Waals surface area contributed by atoms with Gasteiger partial charge in [-0.3, -0.25) is 0 Å². The molecule has 0 aliphatic carbocycles. The van der Waals surface area contributed by atoms with Gasteiger partial charge in [0.15, 0.2) is 5.65 Å². The van der Waals surface area contributed by atoms with Crippen LogP contribution in [0.25, 0.3) is 5.65 Å². The molecule has 3 aromatic heterocycles. The van der Waals surface area contributed by atoms with Crippen LogP contribution in [-0.4, -0.2) is 24.6 Å². The van der Waals surface area contributed by atoms with E-state index in [4.69, 9.17) is 0 Å².